The van der Waals surface area contributed by atoms with Gasteiger partial charge in [0, 0.05) is 0 Å². The first-order chi connectivity index (χ1) is 7.23. The predicted octanol–water partition coefficient (Wildman–Crippen LogP) is 2.21. The lowest BCUT2D eigenvalue weighted by atomic mass is 9.99. The van der Waals surface area contributed by atoms with Crippen molar-refractivity contribution in [1.29, 1.82) is 0 Å². The number of ether oxygens (including phenoxy) is 1. The van der Waals surface area contributed by atoms with Gasteiger partial charge in [0.15, 0.2) is 6.04 Å². The summed E-state index contributed by atoms with van der Waals surface area (Å²) in [7, 11) is 0. The number of alkyl carbamates (subject to hydrolysis) is 1. The fraction of sp³-hybridized carbons (Fsp3) is 0.900. The third-order valence-corrected chi connectivity index (χ3v) is 1.69. The number of nitrogens with one attached hydrogen (secondary N) is 1. The van der Waals surface area contributed by atoms with Crippen LogP contribution in [0.3, 0.4) is 0 Å². The third-order valence-electron chi connectivity index (χ3n) is 1.69. The maximum Gasteiger partial charge on any atom is 0.411 e. The van der Waals surface area contributed by atoms with Crippen molar-refractivity contribution in [3.63, 3.8) is 0 Å². The smallest absolute Gasteiger partial charge is 0.411 e. The molecule has 0 rings (SSSR count). The summed E-state index contributed by atoms with van der Waals surface area (Å²) in [4.78, 5) is 11.2. The molecule has 102 valence electrons. The van der Waals surface area contributed by atoms with E-state index >= 15 is 0 Å². The van der Waals surface area contributed by atoms with E-state index in [4.69, 9.17) is 4.74 Å². The van der Waals surface area contributed by atoms with Gasteiger partial charge in [-0.2, -0.15) is 13.2 Å². The first kappa shape index (κ1) is 16.0. The van der Waals surface area contributed by atoms with Crippen molar-refractivity contribution in [1.82, 2.24) is 5.32 Å². The Labute approximate surface area is 98.1 Å². The average Bonchev–Trinajstić information content (AvgIpc) is 1.91. The second-order valence-corrected chi connectivity index (χ2v) is 5.27. The second-order valence-electron chi connectivity index (χ2n) is 5.27. The standard InChI is InChI=1S/C10H18F3NO3/c1-8(2,3)17-7(15)14-6(9(4,5)16)10(11,12)13/h6,16H,1-5H3,(H,14,15). The fourth-order valence-electron chi connectivity index (χ4n) is 1.08. The summed E-state index contributed by atoms with van der Waals surface area (Å²) in [5.41, 5.74) is -3.03. The topological polar surface area (TPSA) is 58.6 Å². The molecule has 0 spiro atoms. The lowest BCUT2D eigenvalue weighted by molar-refractivity contribution is -0.193. The molecule has 17 heavy (non-hydrogen) atoms. The number of hydrogen-bond acceptors (Lipinski definition) is 3. The van der Waals surface area contributed by atoms with Gasteiger partial charge < -0.3 is 15.2 Å². The lowest BCUT2D eigenvalue weighted by Crippen LogP contribution is -2.58. The fourth-order valence-corrected chi connectivity index (χ4v) is 1.08. The molecule has 0 radical (unpaired) electrons. The van der Waals surface area contributed by atoms with Gasteiger partial charge in [0.05, 0.1) is 5.60 Å². The van der Waals surface area contributed by atoms with Gasteiger partial charge in [0.2, 0.25) is 0 Å². The highest BCUT2D eigenvalue weighted by atomic mass is 19.4. The van der Waals surface area contributed by atoms with Crippen LogP contribution < -0.4 is 5.32 Å². The van der Waals surface area contributed by atoms with Crippen LogP contribution >= 0.6 is 0 Å². The minimum absolute atomic E-state index is 0.903. The number of carbonyl (C=O) groups is 1. The van der Waals surface area contributed by atoms with E-state index in [9.17, 15) is 23.1 Å². The molecule has 0 aromatic carbocycles. The number of alkyl halides is 3. The van der Waals surface area contributed by atoms with Gasteiger partial charge in [0.25, 0.3) is 0 Å². The Morgan fingerprint density at radius 1 is 1.18 bits per heavy atom. The molecule has 0 saturated carbocycles. The van der Waals surface area contributed by atoms with Gasteiger partial charge >= 0.3 is 12.3 Å². The zero-order valence-electron chi connectivity index (χ0n) is 10.5. The van der Waals surface area contributed by atoms with Crippen molar-refractivity contribution in [3.8, 4) is 0 Å². The Morgan fingerprint density at radius 3 is 1.82 bits per heavy atom. The lowest BCUT2D eigenvalue weighted by Gasteiger charge is -2.32. The molecule has 4 nitrogen and oxygen atoms in total. The number of rotatable bonds is 2. The summed E-state index contributed by atoms with van der Waals surface area (Å²) in [6.07, 6.45) is -5.98. The Kier molecular flexibility index (Phi) is 4.44. The number of aliphatic hydroxyl groups is 1. The average molecular weight is 257 g/mol. The third kappa shape index (κ3) is 6.35. The maximum atomic E-state index is 12.6. The van der Waals surface area contributed by atoms with Gasteiger partial charge in [-0.15, -0.1) is 0 Å². The van der Waals surface area contributed by atoms with Crippen LogP contribution in [0.2, 0.25) is 0 Å². The first-order valence-corrected chi connectivity index (χ1v) is 5.02. The largest absolute Gasteiger partial charge is 0.444 e. The van der Waals surface area contributed by atoms with Gasteiger partial charge in [-0.1, -0.05) is 0 Å². The Balaban J connectivity index is 4.75. The van der Waals surface area contributed by atoms with Crippen LogP contribution in [-0.4, -0.2) is 34.6 Å². The van der Waals surface area contributed by atoms with E-state index in [1.807, 2.05) is 0 Å². The van der Waals surface area contributed by atoms with Gasteiger partial charge in [-0.25, -0.2) is 4.79 Å². The number of amides is 1. The molecule has 0 bridgehead atoms. The van der Waals surface area contributed by atoms with Crippen LogP contribution in [0.25, 0.3) is 0 Å². The highest BCUT2D eigenvalue weighted by molar-refractivity contribution is 5.68. The monoisotopic (exact) mass is 257 g/mol. The molecule has 0 aromatic heterocycles. The quantitative estimate of drug-likeness (QED) is 0.797. The van der Waals surface area contributed by atoms with Crippen LogP contribution in [-0.2, 0) is 4.74 Å². The summed E-state index contributed by atoms with van der Waals surface area (Å²) in [6.45, 7) is 6.50. The number of halogens is 3. The summed E-state index contributed by atoms with van der Waals surface area (Å²) in [6, 6.07) is -2.38. The molecular formula is C10H18F3NO3. The molecule has 2 N–H and O–H groups in total. The molecule has 7 heteroatoms. The van der Waals surface area contributed by atoms with Gasteiger partial charge in [-0.05, 0) is 34.6 Å². The summed E-state index contributed by atoms with van der Waals surface area (Å²) in [5, 5.41) is 11.0. The molecule has 0 aromatic rings. The summed E-state index contributed by atoms with van der Waals surface area (Å²) >= 11 is 0. The van der Waals surface area contributed by atoms with Crippen LogP contribution in [0.5, 0.6) is 0 Å². The van der Waals surface area contributed by atoms with Crippen molar-refractivity contribution in [2.24, 2.45) is 0 Å². The second kappa shape index (κ2) is 4.72. The van der Waals surface area contributed by atoms with Crippen LogP contribution in [0.1, 0.15) is 34.6 Å². The van der Waals surface area contributed by atoms with Crippen molar-refractivity contribution in [2.75, 3.05) is 0 Å². The normalized spacial score (nSPS) is 15.4. The molecular weight excluding hydrogens is 239 g/mol. The van der Waals surface area contributed by atoms with E-state index in [0.29, 0.717) is 0 Å². The molecule has 1 amide bonds. The van der Waals surface area contributed by atoms with Crippen LogP contribution in [0.15, 0.2) is 0 Å². The Hall–Kier alpha value is -0.980. The number of hydrogen-bond donors (Lipinski definition) is 2. The summed E-state index contributed by atoms with van der Waals surface area (Å²) in [5.74, 6) is 0. The molecule has 1 atom stereocenters. The highest BCUT2D eigenvalue weighted by Crippen LogP contribution is 2.28. The highest BCUT2D eigenvalue weighted by Gasteiger charge is 2.49. The maximum absolute atomic E-state index is 12.6. The van der Waals surface area contributed by atoms with Gasteiger partial charge in [-0.3, -0.25) is 0 Å². The van der Waals surface area contributed by atoms with Crippen molar-refractivity contribution < 1.29 is 27.8 Å². The van der Waals surface area contributed by atoms with Crippen LogP contribution in [0, 0.1) is 0 Å². The van der Waals surface area contributed by atoms with Crippen molar-refractivity contribution in [3.05, 3.63) is 0 Å². The van der Waals surface area contributed by atoms with Crippen LogP contribution in [0.4, 0.5) is 18.0 Å². The minimum Gasteiger partial charge on any atom is -0.444 e. The SMILES string of the molecule is CC(C)(C)OC(=O)NC(C(C)(C)O)C(F)(F)F. The zero-order valence-corrected chi connectivity index (χ0v) is 10.5. The minimum atomic E-state index is -4.75. The molecule has 0 saturated heterocycles. The van der Waals surface area contributed by atoms with E-state index in [2.05, 4.69) is 0 Å². The molecule has 0 heterocycles. The number of carbonyl (C=O) groups excluding carboxylic acids is 1. The Bertz CT molecular complexity index is 262. The Morgan fingerprint density at radius 2 is 1.59 bits per heavy atom. The van der Waals surface area contributed by atoms with Gasteiger partial charge in [0.1, 0.15) is 5.60 Å². The first-order valence-electron chi connectivity index (χ1n) is 5.02. The molecule has 0 aliphatic heterocycles. The van der Waals surface area contributed by atoms with Crippen molar-refractivity contribution in [2.45, 2.75) is 58.0 Å². The molecule has 0 fully saturated rings. The van der Waals surface area contributed by atoms with E-state index in [1.165, 1.54) is 20.8 Å². The predicted molar refractivity (Wildman–Crippen MR) is 55.5 cm³/mol. The van der Waals surface area contributed by atoms with Crippen molar-refractivity contribution >= 4 is 6.09 Å². The zero-order chi connectivity index (χ0) is 14.1. The van der Waals surface area contributed by atoms with E-state index < -0.39 is 29.5 Å². The summed E-state index contributed by atoms with van der Waals surface area (Å²) < 4.78 is 42.4. The van der Waals surface area contributed by atoms with E-state index in [1.54, 1.807) is 5.32 Å². The molecule has 0 aliphatic carbocycles. The molecule has 0 aliphatic rings. The van der Waals surface area contributed by atoms with E-state index in [-0.39, 0.29) is 0 Å². The van der Waals surface area contributed by atoms with E-state index in [0.717, 1.165) is 13.8 Å². The molecule has 1 unspecified atom stereocenters.